The Morgan fingerprint density at radius 1 is 1.32 bits per heavy atom. The number of rotatable bonds is 7. The van der Waals surface area contributed by atoms with Gasteiger partial charge in [-0.05, 0) is 0 Å². The molecule has 0 radical (unpaired) electrons. The monoisotopic (exact) mass is 531 g/mol. The Bertz CT molecular complexity index is 1210. The van der Waals surface area contributed by atoms with Crippen LogP contribution in [0.4, 0.5) is 17.1 Å². The summed E-state index contributed by atoms with van der Waals surface area (Å²) in [5, 5.41) is 11.2. The van der Waals surface area contributed by atoms with E-state index in [1.54, 1.807) is 20.1 Å². The quantitative estimate of drug-likeness (QED) is 0.177. The molecule has 9 nitrogen and oxygen atoms in total. The number of hydrogen-bond donors (Lipinski definition) is 0. The number of fused-ring (bicyclic) bond motifs is 2. The summed E-state index contributed by atoms with van der Waals surface area (Å²) in [6.45, 7) is 5.76. The molecule has 2 heterocycles. The van der Waals surface area contributed by atoms with E-state index >= 15 is 0 Å². The molecule has 1 atom stereocenters. The molecule has 178 valence electrons. The van der Waals surface area contributed by atoms with E-state index in [1.807, 2.05) is 37.2 Å². The summed E-state index contributed by atoms with van der Waals surface area (Å²) in [7, 11) is 5.54. The summed E-state index contributed by atoms with van der Waals surface area (Å²) in [5.74, 6) is 0.833. The maximum atomic E-state index is 11.9. The van der Waals surface area contributed by atoms with Crippen molar-refractivity contribution in [3.8, 4) is 11.5 Å². The number of benzene rings is 2. The second-order valence-electron chi connectivity index (χ2n) is 8.10. The summed E-state index contributed by atoms with van der Waals surface area (Å²) in [5.41, 5.74) is 2.87. The van der Waals surface area contributed by atoms with E-state index in [0.717, 1.165) is 21.6 Å². The number of carbonyl (C=O) groups is 1. The Balaban J connectivity index is 1.73. The van der Waals surface area contributed by atoms with E-state index in [2.05, 4.69) is 17.5 Å². The molecule has 0 fully saturated rings. The summed E-state index contributed by atoms with van der Waals surface area (Å²) < 4.78 is 17.8. The third kappa shape index (κ3) is 4.22. The average Bonchev–Trinajstić information content (AvgIpc) is 3.08. The van der Waals surface area contributed by atoms with Gasteiger partial charge in [0, 0.05) is 0 Å². The van der Waals surface area contributed by atoms with Gasteiger partial charge in [0.25, 0.3) is 0 Å². The van der Waals surface area contributed by atoms with Crippen LogP contribution < -0.4 is 23.7 Å². The first-order valence-electron chi connectivity index (χ1n) is 10.5. The molecule has 4 rings (SSSR count). The Morgan fingerprint density at radius 2 is 2.09 bits per heavy atom. The van der Waals surface area contributed by atoms with E-state index in [9.17, 15) is 14.9 Å². The number of nitrogens with zero attached hydrogens (tertiary/aromatic N) is 3. The molecule has 10 heteroatoms. The molecule has 0 N–H and O–H groups in total. The van der Waals surface area contributed by atoms with E-state index < -0.39 is 15.5 Å². The number of anilines is 2. The number of non-ortho nitro benzene ring substituents is 1. The molecule has 34 heavy (non-hydrogen) atoms. The Hall–Kier alpha value is -3.49. The number of nitro benzene ring substituents is 1. The first kappa shape index (κ1) is 23.7. The van der Waals surface area contributed by atoms with Gasteiger partial charge >= 0.3 is 204 Å². The van der Waals surface area contributed by atoms with Crippen molar-refractivity contribution >= 4 is 48.5 Å². The van der Waals surface area contributed by atoms with Gasteiger partial charge in [0.15, 0.2) is 0 Å². The van der Waals surface area contributed by atoms with Crippen LogP contribution in [0, 0.1) is 10.1 Å². The molecule has 2 aromatic rings. The van der Waals surface area contributed by atoms with Crippen molar-refractivity contribution in [2.45, 2.75) is 11.5 Å². The zero-order chi connectivity index (χ0) is 24.6. The molecule has 1 unspecified atom stereocenters. The van der Waals surface area contributed by atoms with Crippen molar-refractivity contribution in [1.29, 1.82) is 0 Å². The maximum absolute atomic E-state index is 11.9. The van der Waals surface area contributed by atoms with Crippen LogP contribution in [-0.4, -0.2) is 64.8 Å². The number of carbonyl (C=O) groups excluding carboxylic acids is 1. The van der Waals surface area contributed by atoms with Gasteiger partial charge in [0.2, 0.25) is 0 Å². The van der Waals surface area contributed by atoms with Gasteiger partial charge in [0.05, 0.1) is 0 Å². The molecule has 0 aliphatic carbocycles. The fraction of sp³-hybridized carbons (Fsp3) is 0.292. The van der Waals surface area contributed by atoms with Crippen LogP contribution in [0.3, 0.4) is 0 Å². The zero-order valence-electron chi connectivity index (χ0n) is 19.4. The second-order valence-corrected chi connectivity index (χ2v) is 10.7. The molecule has 0 aromatic heterocycles. The number of ether oxygens (including phenoxy) is 3. The van der Waals surface area contributed by atoms with Gasteiger partial charge in [-0.1, -0.05) is 0 Å². The third-order valence-corrected chi connectivity index (χ3v) is 8.18. The van der Waals surface area contributed by atoms with E-state index in [1.165, 1.54) is 12.1 Å². The van der Waals surface area contributed by atoms with Gasteiger partial charge in [-0.25, -0.2) is 0 Å². The van der Waals surface area contributed by atoms with E-state index in [0.29, 0.717) is 23.4 Å². The second kappa shape index (κ2) is 9.04. The number of nitro groups is 1. The topological polar surface area (TPSA) is 94.4 Å². The van der Waals surface area contributed by atoms with Crippen molar-refractivity contribution in [3.63, 3.8) is 0 Å². The first-order chi connectivity index (χ1) is 16.1. The first-order valence-corrected chi connectivity index (χ1v) is 12.2. The molecule has 0 amide bonds. The van der Waals surface area contributed by atoms with Crippen LogP contribution in [0.5, 0.6) is 11.5 Å². The Labute approximate surface area is 203 Å². The summed E-state index contributed by atoms with van der Waals surface area (Å²) >= 11 is -0.187. The fourth-order valence-electron chi connectivity index (χ4n) is 3.81. The van der Waals surface area contributed by atoms with Crippen molar-refractivity contribution in [3.05, 3.63) is 64.2 Å². The summed E-state index contributed by atoms with van der Waals surface area (Å²) in [6.07, 6.45) is 3.79. The van der Waals surface area contributed by atoms with Crippen LogP contribution in [0.15, 0.2) is 48.6 Å². The fourth-order valence-corrected chi connectivity index (χ4v) is 6.60. The molecule has 0 saturated heterocycles. The molecule has 2 aromatic carbocycles. The minimum absolute atomic E-state index is 0.00657. The molecule has 1 spiro atoms. The molecule has 0 bridgehead atoms. The molecule has 2 aliphatic rings. The third-order valence-electron chi connectivity index (χ3n) is 5.50. The normalized spacial score (nSPS) is 17.6. The van der Waals surface area contributed by atoms with Gasteiger partial charge in [0.1, 0.15) is 0 Å². The molecular formula is C24H25N3O6Se. The molecule has 2 aliphatic heterocycles. The predicted octanol–water partition coefficient (Wildman–Crippen LogP) is 2.70. The Morgan fingerprint density at radius 3 is 2.74 bits per heavy atom. The molecular weight excluding hydrogens is 505 g/mol. The van der Waals surface area contributed by atoms with Crippen LogP contribution in [0.25, 0.3) is 6.08 Å². The number of esters is 1. The summed E-state index contributed by atoms with van der Waals surface area (Å²) in [6, 6.07) is 8.64. The van der Waals surface area contributed by atoms with Crippen LogP contribution >= 0.6 is 0 Å². The SMILES string of the molecule is C=C(C)C(=O)OCCN1c2cc(OC)c(N(C)C)cc2[Se]C12C=Cc1cc([N+](=O)[O-])ccc1O2. The van der Waals surface area contributed by atoms with Crippen LogP contribution in [-0.2, 0) is 9.53 Å². The van der Waals surface area contributed by atoms with Crippen molar-refractivity contribution in [2.75, 3.05) is 44.2 Å². The summed E-state index contributed by atoms with van der Waals surface area (Å²) in [4.78, 5) is 26.7. The van der Waals surface area contributed by atoms with E-state index in [4.69, 9.17) is 14.2 Å². The van der Waals surface area contributed by atoms with Gasteiger partial charge in [-0.3, -0.25) is 0 Å². The minimum atomic E-state index is -0.815. The number of methoxy groups -OCH3 is 1. The van der Waals surface area contributed by atoms with Crippen LogP contribution in [0.1, 0.15) is 12.5 Å². The molecule has 0 saturated carbocycles. The number of hydrogen-bond acceptors (Lipinski definition) is 8. The predicted molar refractivity (Wildman–Crippen MR) is 131 cm³/mol. The van der Waals surface area contributed by atoms with Gasteiger partial charge < -0.3 is 0 Å². The van der Waals surface area contributed by atoms with Gasteiger partial charge in [-0.15, -0.1) is 0 Å². The van der Waals surface area contributed by atoms with Crippen LogP contribution in [0.2, 0.25) is 0 Å². The average molecular weight is 530 g/mol. The van der Waals surface area contributed by atoms with Crippen molar-refractivity contribution in [1.82, 2.24) is 0 Å². The standard InChI is InChI=1S/C24H25N3O6Se/c1-15(2)23(28)32-11-10-26-19-13-21(31-5)18(25(3)4)14-22(19)34-24(26)9-8-16-12-17(27(29)30)6-7-20(16)33-24/h6-9,12-14H,1,10-11H2,2-5H3. The van der Waals surface area contributed by atoms with E-state index in [-0.39, 0.29) is 27.3 Å². The van der Waals surface area contributed by atoms with Crippen molar-refractivity contribution < 1.29 is 23.9 Å². The zero-order valence-corrected chi connectivity index (χ0v) is 21.1. The Kier molecular flexibility index (Phi) is 6.29. The van der Waals surface area contributed by atoms with Gasteiger partial charge in [-0.2, -0.15) is 0 Å². The van der Waals surface area contributed by atoms with Crippen molar-refractivity contribution in [2.24, 2.45) is 0 Å².